The number of thiocarbonyl (C=S) groups is 1. The van der Waals surface area contributed by atoms with Gasteiger partial charge in [-0.2, -0.15) is 0 Å². The predicted octanol–water partition coefficient (Wildman–Crippen LogP) is 7.15. The summed E-state index contributed by atoms with van der Waals surface area (Å²) in [5, 5.41) is 15.4. The second-order valence-electron chi connectivity index (χ2n) is 9.54. The molecule has 5 nitrogen and oxygen atoms in total. The molecule has 184 valence electrons. The molecule has 1 aliphatic heterocycles. The van der Waals surface area contributed by atoms with E-state index in [1.165, 1.54) is 5.56 Å². The highest BCUT2D eigenvalue weighted by atomic mass is 35.5. The molecule has 0 amide bonds. The van der Waals surface area contributed by atoms with E-state index >= 15 is 0 Å². The van der Waals surface area contributed by atoms with Crippen LogP contribution < -0.4 is 10.2 Å². The fourth-order valence-electron chi connectivity index (χ4n) is 5.10. The van der Waals surface area contributed by atoms with E-state index in [2.05, 4.69) is 66.3 Å². The highest BCUT2D eigenvalue weighted by Crippen LogP contribution is 2.44. The smallest absolute Gasteiger partial charge is 0.174 e. The van der Waals surface area contributed by atoms with E-state index in [-0.39, 0.29) is 17.8 Å². The summed E-state index contributed by atoms with van der Waals surface area (Å²) >= 11 is 12.2. The third-order valence-corrected chi connectivity index (χ3v) is 7.45. The Morgan fingerprint density at radius 3 is 2.44 bits per heavy atom. The van der Waals surface area contributed by atoms with Gasteiger partial charge in [-0.15, -0.1) is 0 Å². The van der Waals surface area contributed by atoms with Gasteiger partial charge < -0.3 is 19.9 Å². The van der Waals surface area contributed by atoms with Gasteiger partial charge in [-0.1, -0.05) is 43.6 Å². The molecule has 2 atom stereocenters. The Labute approximate surface area is 222 Å². The summed E-state index contributed by atoms with van der Waals surface area (Å²) in [4.78, 5) is 6.85. The highest BCUT2D eigenvalue weighted by Gasteiger charge is 2.42. The van der Waals surface area contributed by atoms with Crippen LogP contribution >= 0.6 is 23.8 Å². The lowest BCUT2D eigenvalue weighted by atomic mass is 9.96. The molecule has 2 aromatic carbocycles. The Hall–Kier alpha value is -3.35. The maximum Gasteiger partial charge on any atom is 0.174 e. The van der Waals surface area contributed by atoms with Crippen molar-refractivity contribution in [2.45, 2.75) is 45.7 Å². The van der Waals surface area contributed by atoms with Crippen molar-refractivity contribution < 1.29 is 5.11 Å². The van der Waals surface area contributed by atoms with Crippen LogP contribution in [-0.4, -0.2) is 19.8 Å². The average Bonchev–Trinajstić information content (AvgIpc) is 3.36. The molecule has 2 aromatic heterocycles. The minimum atomic E-state index is -0.148. The number of aromatic nitrogens is 2. The van der Waals surface area contributed by atoms with Crippen molar-refractivity contribution in [1.82, 2.24) is 14.9 Å². The Morgan fingerprint density at radius 2 is 1.78 bits per heavy atom. The summed E-state index contributed by atoms with van der Waals surface area (Å²) in [7, 11) is 0. The van der Waals surface area contributed by atoms with E-state index in [1.54, 1.807) is 18.2 Å². The molecule has 1 saturated heterocycles. The summed E-state index contributed by atoms with van der Waals surface area (Å²) in [6.45, 7) is 8.49. The molecule has 0 radical (unpaired) electrons. The van der Waals surface area contributed by atoms with Crippen molar-refractivity contribution >= 4 is 34.6 Å². The van der Waals surface area contributed by atoms with Crippen molar-refractivity contribution in [2.75, 3.05) is 4.90 Å². The molecule has 0 bridgehead atoms. The molecule has 0 saturated carbocycles. The van der Waals surface area contributed by atoms with Gasteiger partial charge in [0.1, 0.15) is 5.75 Å². The monoisotopic (exact) mass is 516 g/mol. The summed E-state index contributed by atoms with van der Waals surface area (Å²) < 4.78 is 2.05. The van der Waals surface area contributed by atoms with Crippen LogP contribution in [0.3, 0.4) is 0 Å². The maximum absolute atomic E-state index is 10.7. The van der Waals surface area contributed by atoms with Crippen LogP contribution in [0.15, 0.2) is 72.9 Å². The lowest BCUT2D eigenvalue weighted by molar-refractivity contribution is 0.471. The van der Waals surface area contributed by atoms with Crippen LogP contribution in [-0.2, 0) is 0 Å². The number of nitrogens with one attached hydrogen (secondary N) is 1. The van der Waals surface area contributed by atoms with Gasteiger partial charge in [0, 0.05) is 28.3 Å². The third-order valence-electron chi connectivity index (χ3n) is 6.90. The van der Waals surface area contributed by atoms with Gasteiger partial charge in [-0.25, -0.2) is 0 Å². The number of phenolic OH excluding ortho intramolecular Hbond substituents is 1. The standard InChI is InChI=1S/C29H29ClN4OS/c1-17(2)20-8-11-22(12-9-20)34-28(27(32-29(34)36)24-7-5-6-14-31-24)23-15-18(3)33(19(23)4)25-16-21(30)10-13-26(25)35/h5-17,27-28,35H,1-4H3,(H,32,36). The molecule has 1 fully saturated rings. The van der Waals surface area contributed by atoms with E-state index in [9.17, 15) is 5.11 Å². The minimum absolute atomic E-state index is 0.140. The first kappa shape index (κ1) is 24.3. The number of pyridine rings is 1. The average molecular weight is 517 g/mol. The Balaban J connectivity index is 1.67. The molecule has 2 unspecified atom stereocenters. The number of anilines is 1. The number of phenols is 1. The van der Waals surface area contributed by atoms with Crippen molar-refractivity contribution in [3.8, 4) is 11.4 Å². The molecule has 7 heteroatoms. The molecular formula is C29H29ClN4OS. The van der Waals surface area contributed by atoms with Gasteiger partial charge in [-0.3, -0.25) is 4.98 Å². The van der Waals surface area contributed by atoms with Crippen LogP contribution in [0.25, 0.3) is 5.69 Å². The molecule has 0 spiro atoms. The van der Waals surface area contributed by atoms with E-state index in [1.807, 2.05) is 35.9 Å². The SMILES string of the molecule is Cc1cc(C2C(c3ccccn3)NC(=S)N2c2ccc(C(C)C)cc2)c(C)n1-c1cc(Cl)ccc1O. The largest absolute Gasteiger partial charge is 0.506 e. The zero-order valence-electron chi connectivity index (χ0n) is 20.7. The quantitative estimate of drug-likeness (QED) is 0.276. The van der Waals surface area contributed by atoms with Crippen molar-refractivity contribution in [3.05, 3.63) is 106 Å². The number of nitrogens with zero attached hydrogens (tertiary/aromatic N) is 3. The second-order valence-corrected chi connectivity index (χ2v) is 10.4. The number of rotatable bonds is 5. The number of halogens is 1. The third kappa shape index (κ3) is 4.25. The van der Waals surface area contributed by atoms with Gasteiger partial charge in [0.15, 0.2) is 5.11 Å². The fraction of sp³-hybridized carbons (Fsp3) is 0.241. The van der Waals surface area contributed by atoms with Gasteiger partial charge in [-0.05, 0) is 91.6 Å². The summed E-state index contributed by atoms with van der Waals surface area (Å²) in [6.07, 6.45) is 1.81. The topological polar surface area (TPSA) is 53.3 Å². The van der Waals surface area contributed by atoms with Gasteiger partial charge in [0.2, 0.25) is 0 Å². The van der Waals surface area contributed by atoms with Crippen molar-refractivity contribution in [3.63, 3.8) is 0 Å². The van der Waals surface area contributed by atoms with E-state index in [4.69, 9.17) is 23.8 Å². The summed E-state index contributed by atoms with van der Waals surface area (Å²) in [5.74, 6) is 0.624. The fourth-order valence-corrected chi connectivity index (χ4v) is 5.61. The number of aromatic hydroxyl groups is 1. The molecule has 3 heterocycles. The zero-order chi connectivity index (χ0) is 25.6. The van der Waals surface area contributed by atoms with E-state index in [0.717, 1.165) is 28.3 Å². The number of benzene rings is 2. The van der Waals surface area contributed by atoms with E-state index in [0.29, 0.717) is 21.7 Å². The first-order valence-corrected chi connectivity index (χ1v) is 12.8. The Kier molecular flexibility index (Phi) is 6.49. The van der Waals surface area contributed by atoms with Crippen LogP contribution in [0, 0.1) is 13.8 Å². The zero-order valence-corrected chi connectivity index (χ0v) is 22.3. The molecule has 36 heavy (non-hydrogen) atoms. The lowest BCUT2D eigenvalue weighted by Gasteiger charge is -2.28. The van der Waals surface area contributed by atoms with Crippen molar-refractivity contribution in [1.29, 1.82) is 0 Å². The Morgan fingerprint density at radius 1 is 1.03 bits per heavy atom. The molecule has 0 aliphatic carbocycles. The van der Waals surface area contributed by atoms with Gasteiger partial charge >= 0.3 is 0 Å². The summed E-state index contributed by atoms with van der Waals surface area (Å²) in [5.41, 5.74) is 6.97. The van der Waals surface area contributed by atoms with Crippen molar-refractivity contribution in [2.24, 2.45) is 0 Å². The Bertz CT molecular complexity index is 1420. The number of hydrogen-bond donors (Lipinski definition) is 2. The summed E-state index contributed by atoms with van der Waals surface area (Å²) in [6, 6.07) is 21.5. The number of hydrogen-bond acceptors (Lipinski definition) is 3. The van der Waals surface area contributed by atoms with Crippen LogP contribution in [0.1, 0.15) is 60.1 Å². The lowest BCUT2D eigenvalue weighted by Crippen LogP contribution is -2.29. The molecule has 5 rings (SSSR count). The van der Waals surface area contributed by atoms with Crippen LogP contribution in [0.4, 0.5) is 5.69 Å². The molecular weight excluding hydrogens is 488 g/mol. The highest BCUT2D eigenvalue weighted by molar-refractivity contribution is 7.80. The normalized spacial score (nSPS) is 17.6. The van der Waals surface area contributed by atoms with Crippen LogP contribution in [0.5, 0.6) is 5.75 Å². The number of aryl methyl sites for hydroxylation is 1. The first-order valence-electron chi connectivity index (χ1n) is 12.0. The predicted molar refractivity (Wildman–Crippen MR) is 150 cm³/mol. The molecule has 2 N–H and O–H groups in total. The van der Waals surface area contributed by atoms with Gasteiger partial charge in [0.25, 0.3) is 0 Å². The maximum atomic E-state index is 10.7. The minimum Gasteiger partial charge on any atom is -0.506 e. The second kappa shape index (κ2) is 9.60. The first-order chi connectivity index (χ1) is 17.3. The van der Waals surface area contributed by atoms with E-state index < -0.39 is 0 Å². The van der Waals surface area contributed by atoms with Gasteiger partial charge in [0.05, 0.1) is 23.5 Å². The molecule has 4 aromatic rings. The molecule has 1 aliphatic rings. The van der Waals surface area contributed by atoms with Crippen LogP contribution in [0.2, 0.25) is 5.02 Å².